The monoisotopic (exact) mass is 360 g/mol. The predicted molar refractivity (Wildman–Crippen MR) is 79.9 cm³/mol. The molecular formula is C15H22NO9+. The highest BCUT2D eigenvalue weighted by atomic mass is 17.2. The molecule has 1 fully saturated rings. The van der Waals surface area contributed by atoms with Crippen molar-refractivity contribution in [3.63, 3.8) is 0 Å². The molecule has 0 saturated carbocycles. The van der Waals surface area contributed by atoms with E-state index in [1.54, 1.807) is 18.2 Å². The van der Waals surface area contributed by atoms with Crippen LogP contribution in [0.25, 0.3) is 0 Å². The van der Waals surface area contributed by atoms with Crippen LogP contribution < -0.4 is 0 Å². The van der Waals surface area contributed by atoms with Crippen LogP contribution in [0, 0.1) is 0 Å². The number of carbonyl (C=O) groups is 1. The number of amides is 1. The summed E-state index contributed by atoms with van der Waals surface area (Å²) in [5.74, 6) is -0.748. The minimum atomic E-state index is -1.61. The van der Waals surface area contributed by atoms with Crippen molar-refractivity contribution in [2.75, 3.05) is 20.8 Å². The van der Waals surface area contributed by atoms with E-state index >= 15 is 0 Å². The lowest BCUT2D eigenvalue weighted by molar-refractivity contribution is -1.32. The number of aliphatic hydroxyl groups is 4. The second kappa shape index (κ2) is 8.27. The van der Waals surface area contributed by atoms with Crippen molar-refractivity contribution in [1.29, 1.82) is 0 Å². The molecule has 1 aromatic carbocycles. The molecule has 25 heavy (non-hydrogen) atoms. The van der Waals surface area contributed by atoms with Gasteiger partial charge in [-0.05, 0) is 12.1 Å². The molecule has 4 N–H and O–H groups in total. The molecule has 1 saturated heterocycles. The topological polar surface area (TPSA) is 135 Å². The van der Waals surface area contributed by atoms with Crippen molar-refractivity contribution >= 4 is 5.91 Å². The van der Waals surface area contributed by atoms with Crippen molar-refractivity contribution in [3.8, 4) is 0 Å². The third-order valence-electron chi connectivity index (χ3n) is 3.82. The molecule has 1 aliphatic rings. The number of carbonyl (C=O) groups excluding carboxylic acids is 1. The smallest absolute Gasteiger partial charge is 0.394 e. The zero-order chi connectivity index (χ0) is 18.6. The number of hydroxylamine groups is 3. The Balaban J connectivity index is 2.23. The fraction of sp³-hybridized carbons (Fsp3) is 0.533. The summed E-state index contributed by atoms with van der Waals surface area (Å²) < 4.78 is 5.22. The summed E-state index contributed by atoms with van der Waals surface area (Å²) in [5, 5.41) is 38.6. The van der Waals surface area contributed by atoms with Crippen LogP contribution in [0.5, 0.6) is 0 Å². The quantitative estimate of drug-likeness (QED) is 0.338. The molecule has 1 aliphatic heterocycles. The summed E-state index contributed by atoms with van der Waals surface area (Å²) in [5.41, 5.74) is 0.200. The second-order valence-corrected chi connectivity index (χ2v) is 5.34. The van der Waals surface area contributed by atoms with Crippen LogP contribution in [0.3, 0.4) is 0 Å². The van der Waals surface area contributed by atoms with Crippen molar-refractivity contribution in [2.45, 2.75) is 30.7 Å². The molecular weight excluding hydrogens is 338 g/mol. The van der Waals surface area contributed by atoms with Crippen LogP contribution in [-0.4, -0.2) is 82.8 Å². The third kappa shape index (κ3) is 3.87. The van der Waals surface area contributed by atoms with Gasteiger partial charge in [-0.2, -0.15) is 0 Å². The highest BCUT2D eigenvalue weighted by molar-refractivity contribution is 5.87. The second-order valence-electron chi connectivity index (χ2n) is 5.34. The average Bonchev–Trinajstić information content (AvgIpc) is 2.94. The molecule has 0 aromatic heterocycles. The Kier molecular flexibility index (Phi) is 6.57. The summed E-state index contributed by atoms with van der Waals surface area (Å²) >= 11 is 0. The molecule has 2 rings (SSSR count). The van der Waals surface area contributed by atoms with E-state index in [2.05, 4.69) is 0 Å². The molecule has 0 spiro atoms. The molecule has 0 bridgehead atoms. The highest BCUT2D eigenvalue weighted by Crippen LogP contribution is 2.29. The Morgan fingerprint density at radius 3 is 2.32 bits per heavy atom. The van der Waals surface area contributed by atoms with Gasteiger partial charge >= 0.3 is 5.91 Å². The van der Waals surface area contributed by atoms with Gasteiger partial charge in [-0.3, -0.25) is 0 Å². The number of hydrogen-bond donors (Lipinski definition) is 4. The van der Waals surface area contributed by atoms with Gasteiger partial charge in [0.2, 0.25) is 0 Å². The largest absolute Gasteiger partial charge is 0.446 e. The van der Waals surface area contributed by atoms with Gasteiger partial charge in [0.1, 0.15) is 38.6 Å². The Morgan fingerprint density at radius 2 is 1.80 bits per heavy atom. The van der Waals surface area contributed by atoms with Gasteiger partial charge in [0.25, 0.3) is 6.29 Å². The minimum absolute atomic E-state index is 0.200. The number of quaternary nitrogens is 1. The van der Waals surface area contributed by atoms with Crippen LogP contribution in [0.1, 0.15) is 10.4 Å². The molecule has 10 nitrogen and oxygen atoms in total. The van der Waals surface area contributed by atoms with E-state index in [4.69, 9.17) is 24.4 Å². The maximum atomic E-state index is 12.7. The number of hydrogen-bond acceptors (Lipinski definition) is 9. The SMILES string of the molecule is CO[N+](OC)(O[C@H]1O[C@H]([C@H](O)CO)[C@H](O)[C@H]1O)C(=O)c1ccccc1. The fourth-order valence-corrected chi connectivity index (χ4v) is 2.43. The molecule has 0 aliphatic carbocycles. The van der Waals surface area contributed by atoms with Crippen molar-refractivity contribution < 1.29 is 49.4 Å². The predicted octanol–water partition coefficient (Wildman–Crippen LogP) is -1.50. The summed E-state index contributed by atoms with van der Waals surface area (Å²) in [6.07, 6.45) is -7.48. The first kappa shape index (κ1) is 19.8. The lowest BCUT2D eigenvalue weighted by atomic mass is 10.1. The molecule has 10 heteroatoms. The van der Waals surface area contributed by atoms with Crippen LogP contribution in [-0.2, 0) is 19.2 Å². The van der Waals surface area contributed by atoms with Gasteiger partial charge < -0.3 is 25.2 Å². The number of ether oxygens (including phenoxy) is 1. The van der Waals surface area contributed by atoms with Crippen LogP contribution in [0.15, 0.2) is 30.3 Å². The van der Waals surface area contributed by atoms with E-state index in [0.29, 0.717) is 0 Å². The third-order valence-corrected chi connectivity index (χ3v) is 3.82. The van der Waals surface area contributed by atoms with Gasteiger partial charge in [-0.25, -0.2) is 4.79 Å². The summed E-state index contributed by atoms with van der Waals surface area (Å²) in [4.78, 5) is 26.6. The zero-order valence-electron chi connectivity index (χ0n) is 13.8. The van der Waals surface area contributed by atoms with Gasteiger partial charge in [0.05, 0.1) is 12.2 Å². The first-order valence-corrected chi connectivity index (χ1v) is 7.49. The van der Waals surface area contributed by atoms with E-state index in [9.17, 15) is 20.1 Å². The van der Waals surface area contributed by atoms with E-state index in [-0.39, 0.29) is 5.56 Å². The van der Waals surface area contributed by atoms with Gasteiger partial charge in [-0.15, -0.1) is 9.68 Å². The maximum absolute atomic E-state index is 12.7. The number of aliphatic hydroxyl groups excluding tert-OH is 4. The van der Waals surface area contributed by atoms with E-state index in [1.807, 2.05) is 0 Å². The maximum Gasteiger partial charge on any atom is 0.446 e. The van der Waals surface area contributed by atoms with Gasteiger partial charge in [0, 0.05) is 0 Å². The minimum Gasteiger partial charge on any atom is -0.394 e. The first-order chi connectivity index (χ1) is 11.9. The Bertz CT molecular complexity index is 565. The molecule has 5 atom stereocenters. The van der Waals surface area contributed by atoms with E-state index in [0.717, 1.165) is 14.2 Å². The van der Waals surface area contributed by atoms with E-state index < -0.39 is 48.2 Å². The Morgan fingerprint density at radius 1 is 1.20 bits per heavy atom. The number of nitrogens with zero attached hydrogens (tertiary/aromatic N) is 1. The van der Waals surface area contributed by atoms with E-state index in [1.165, 1.54) is 12.1 Å². The number of benzene rings is 1. The van der Waals surface area contributed by atoms with Crippen LogP contribution >= 0.6 is 0 Å². The van der Waals surface area contributed by atoms with Crippen LogP contribution in [0.2, 0.25) is 0 Å². The normalized spacial score (nSPS) is 28.1. The van der Waals surface area contributed by atoms with Crippen molar-refractivity contribution in [1.82, 2.24) is 0 Å². The Labute approximate surface area is 143 Å². The molecule has 140 valence electrons. The number of rotatable bonds is 7. The van der Waals surface area contributed by atoms with Crippen LogP contribution in [0.4, 0.5) is 0 Å². The van der Waals surface area contributed by atoms with Crippen molar-refractivity contribution in [2.24, 2.45) is 0 Å². The average molecular weight is 360 g/mol. The summed E-state index contributed by atoms with van der Waals surface area (Å²) in [6.45, 7) is -0.696. The molecule has 0 unspecified atom stereocenters. The molecule has 1 aromatic rings. The Hall–Kier alpha value is -1.47. The summed E-state index contributed by atoms with van der Waals surface area (Å²) in [7, 11) is 2.28. The standard InChI is InChI=1S/C15H22NO9/c1-22-16(23-2,14(21)9-6-4-3-5-7-9)25-15-12(20)11(19)13(24-15)10(18)8-17/h3-7,10-13,15,17-20H,8H2,1-2H3/q+1/t10-,11-,12-,13-,15-/m1/s1. The van der Waals surface area contributed by atoms with Crippen molar-refractivity contribution in [3.05, 3.63) is 35.9 Å². The first-order valence-electron chi connectivity index (χ1n) is 7.49. The molecule has 0 radical (unpaired) electrons. The summed E-state index contributed by atoms with van der Waals surface area (Å²) in [6, 6.07) is 8.00. The molecule has 1 amide bonds. The highest BCUT2D eigenvalue weighted by Gasteiger charge is 2.55. The van der Waals surface area contributed by atoms with Gasteiger partial charge in [0.15, 0.2) is 4.97 Å². The zero-order valence-corrected chi connectivity index (χ0v) is 13.8. The lowest BCUT2D eigenvalue weighted by Gasteiger charge is -2.27. The lowest BCUT2D eigenvalue weighted by Crippen LogP contribution is -2.54. The van der Waals surface area contributed by atoms with Gasteiger partial charge in [-0.1, -0.05) is 23.0 Å². The fourth-order valence-electron chi connectivity index (χ4n) is 2.43. The molecule has 1 heterocycles.